The zero-order valence-corrected chi connectivity index (χ0v) is 73.3. The summed E-state index contributed by atoms with van der Waals surface area (Å²) in [6.45, 7) is 67.4. The van der Waals surface area contributed by atoms with E-state index in [4.69, 9.17) is 71.0 Å². The summed E-state index contributed by atoms with van der Waals surface area (Å²) in [7, 11) is -5.81. The van der Waals surface area contributed by atoms with Gasteiger partial charge >= 0.3 is 27.1 Å². The van der Waals surface area contributed by atoms with Crippen LogP contribution in [0.15, 0.2) is 24.6 Å². The third-order valence-corrected chi connectivity index (χ3v) is 26.3. The van der Waals surface area contributed by atoms with Crippen molar-refractivity contribution in [1.29, 1.82) is 0 Å². The fourth-order valence-corrected chi connectivity index (χ4v) is 17.6. The van der Waals surface area contributed by atoms with Crippen molar-refractivity contribution in [3.8, 4) is 12.8 Å². The van der Waals surface area contributed by atoms with Crippen molar-refractivity contribution in [2.24, 2.45) is 0 Å². The molecule has 0 bridgehead atoms. The standard InChI is InChI=1S/C12H26O5Si2.C6H22O3Si4.2C4H12OSi.C4H10.C2H6OSi.C2H8OSi.4C2H6O.C2H8Si.C2H2.CH4BPSSi.3CH4/c1-7-13-18(11-5,14-8-2)17-19(12-6,15-9-3)16-10-4;1-10(2)7-13(8-11(3)4)9-12(5)6;2*1-4-5-6(2)3;1-3-4-2;1-4(2)3;1-2-3-4;4*1-2-3;1-3-2;1-2;2-3(5)1-4;;;/h11-12H,5-10H2,1-4H3;10-13H,1-6H3;2*6H,4H2,1-3H3;3-4H2,1-2H3;1-2H3;2H2,1,4H3;4*3H,2H2,1H3;3H2,1-2H3;1-2H;1H,5H3;3*1H4. The SMILES string of the molecule is C.C.C.C#C.C=C[Si](OCC)(OCC)O[Si](C=C)(OCC)OCC.CCCC.CCO.CCO.CCO.CCO.CCO[SiH3].CCO[SiH](C)C.CCO[SiH](C)C.C[SiH2]C.C[SiH](C)O[SiH](O[SiH](C)C)O[SiH](C)C.C[Si](C)=O.[B]P([SiH3])C=S. The molecule has 504 valence electrons. The summed E-state index contributed by atoms with van der Waals surface area (Å²) >= 11 is 4.49. The Balaban J connectivity index is -0.0000000388. The van der Waals surface area contributed by atoms with Crippen LogP contribution in [0.2, 0.25) is 91.7 Å². The number of hydrogen-bond acceptors (Lipinski definition) is 17. The maximum Gasteiger partial charge on any atom is 0.521 e. The van der Waals surface area contributed by atoms with Gasteiger partial charge in [0, 0.05) is 92.1 Å². The van der Waals surface area contributed by atoms with Crippen LogP contribution in [0.25, 0.3) is 0 Å². The maximum absolute atomic E-state index is 9.63. The smallest absolute Gasteiger partial charge is 0.428 e. The zero-order valence-electron chi connectivity index (χ0n) is 56.3. The molecule has 0 aliphatic heterocycles. The van der Waals surface area contributed by atoms with E-state index in [-0.39, 0.29) is 56.1 Å². The average Bonchev–Trinajstić information content (AvgIpc) is 3.34. The summed E-state index contributed by atoms with van der Waals surface area (Å²) in [4.78, 5) is 0. The molecule has 0 aliphatic carbocycles. The van der Waals surface area contributed by atoms with E-state index < -0.39 is 81.0 Å². The molecule has 0 saturated carbocycles. The zero-order chi connectivity index (χ0) is 65.4. The van der Waals surface area contributed by atoms with Crippen molar-refractivity contribution in [2.75, 3.05) is 72.7 Å². The normalized spacial score (nSPS) is 9.52. The van der Waals surface area contributed by atoms with Crippen molar-refractivity contribution >= 4 is 143 Å². The molecule has 0 rings (SSSR count). The van der Waals surface area contributed by atoms with Crippen LogP contribution in [0.1, 0.15) is 125 Å². The minimum atomic E-state index is -3.00. The van der Waals surface area contributed by atoms with E-state index in [1.807, 2.05) is 48.5 Å². The highest BCUT2D eigenvalue weighted by Crippen LogP contribution is 2.21. The highest BCUT2D eigenvalue weighted by atomic mass is 32.1. The summed E-state index contributed by atoms with van der Waals surface area (Å²) < 4.78 is 70.7. The maximum atomic E-state index is 9.63. The van der Waals surface area contributed by atoms with Gasteiger partial charge < -0.3 is 72.3 Å². The molecule has 0 aromatic rings. The van der Waals surface area contributed by atoms with Crippen LogP contribution in [-0.2, 0) is 51.9 Å². The summed E-state index contributed by atoms with van der Waals surface area (Å²) in [5.74, 6) is 0. The van der Waals surface area contributed by atoms with Gasteiger partial charge in [-0.3, -0.25) is 0 Å². The Morgan fingerprint density at radius 3 is 0.790 bits per heavy atom. The lowest BCUT2D eigenvalue weighted by Gasteiger charge is -2.34. The molecule has 0 fully saturated rings. The second kappa shape index (κ2) is 123. The van der Waals surface area contributed by atoms with Crippen molar-refractivity contribution in [2.45, 2.75) is 217 Å². The third-order valence-electron chi connectivity index (χ3n) is 5.27. The quantitative estimate of drug-likeness (QED) is 0.0292. The van der Waals surface area contributed by atoms with Gasteiger partial charge in [0.25, 0.3) is 8.68 Å². The second-order valence-corrected chi connectivity index (χ2v) is 44.8. The fourth-order valence-electron chi connectivity index (χ4n) is 2.95. The van der Waals surface area contributed by atoms with Crippen LogP contribution in [0, 0.1) is 12.8 Å². The first-order chi connectivity index (χ1) is 36.4. The van der Waals surface area contributed by atoms with E-state index in [1.165, 1.54) is 12.8 Å². The van der Waals surface area contributed by atoms with E-state index in [0.717, 1.165) is 40.2 Å². The Kier molecular flexibility index (Phi) is 194. The Bertz CT molecular complexity index is 948. The lowest BCUT2D eigenvalue weighted by atomic mass is 10.4. The number of hydrogen-bond donors (Lipinski definition) is 4. The van der Waals surface area contributed by atoms with Gasteiger partial charge in [0.15, 0.2) is 45.2 Å². The molecule has 2 radical (unpaired) electrons. The van der Waals surface area contributed by atoms with Gasteiger partial charge in [0.1, 0.15) is 18.1 Å². The third kappa shape index (κ3) is 194. The molecule has 0 saturated heterocycles. The molecule has 0 spiro atoms. The first-order valence-electron chi connectivity index (χ1n) is 27.8. The highest BCUT2D eigenvalue weighted by molar-refractivity contribution is 8.18. The van der Waals surface area contributed by atoms with Gasteiger partial charge in [-0.15, -0.1) is 20.2 Å². The number of unbranched alkanes of at least 4 members (excludes halogenated alkanes) is 1. The monoisotopic (exact) mass is 1410 g/mol. The molecule has 0 amide bonds. The largest absolute Gasteiger partial charge is 0.521 e. The molecule has 0 aliphatic rings. The molecule has 0 aromatic carbocycles. The molecular formula is C50H146BO16PSSi12. The topological polar surface area (TPSA) is 200 Å². The minimum Gasteiger partial charge on any atom is -0.428 e. The second-order valence-electron chi connectivity index (χ2n) is 15.5. The Labute approximate surface area is 538 Å². The van der Waals surface area contributed by atoms with Crippen molar-refractivity contribution in [3.63, 3.8) is 0 Å². The molecule has 0 heterocycles. The highest BCUT2D eigenvalue weighted by Gasteiger charge is 2.50. The van der Waals surface area contributed by atoms with Gasteiger partial charge in [0.05, 0.1) is 0 Å². The predicted molar refractivity (Wildman–Crippen MR) is 406 cm³/mol. The van der Waals surface area contributed by atoms with Crippen molar-refractivity contribution in [3.05, 3.63) is 24.6 Å². The summed E-state index contributed by atoms with van der Waals surface area (Å²) in [5, 5.41) is 31.9. The Morgan fingerprint density at radius 2 is 0.728 bits per heavy atom. The fraction of sp³-hybridized carbons (Fsp3) is 0.860. The Morgan fingerprint density at radius 1 is 0.556 bits per heavy atom. The summed E-state index contributed by atoms with van der Waals surface area (Å²) in [6.07, 6.45) is 10.6. The van der Waals surface area contributed by atoms with E-state index in [9.17, 15) is 4.46 Å². The molecule has 16 nitrogen and oxygen atoms in total. The van der Waals surface area contributed by atoms with E-state index in [0.29, 0.717) is 35.9 Å². The van der Waals surface area contributed by atoms with Gasteiger partial charge in [-0.25, -0.2) is 0 Å². The average molecular weight is 1410 g/mol. The molecule has 1 atom stereocenters. The van der Waals surface area contributed by atoms with Gasteiger partial charge in [-0.05, 0) is 171 Å². The van der Waals surface area contributed by atoms with Crippen LogP contribution in [-0.4, -0.2) is 217 Å². The number of thiocarbonyl (C=S) groups is 1. The molecule has 31 heteroatoms. The summed E-state index contributed by atoms with van der Waals surface area (Å²) in [5.41, 5.74) is 3.20. The first-order valence-corrected chi connectivity index (χ1v) is 57.9. The molecule has 81 heavy (non-hydrogen) atoms. The van der Waals surface area contributed by atoms with Gasteiger partial charge in [0.2, 0.25) is 0 Å². The van der Waals surface area contributed by atoms with Crippen LogP contribution in [0.4, 0.5) is 0 Å². The van der Waals surface area contributed by atoms with Gasteiger partial charge in [-0.2, -0.15) is 0 Å². The lowest BCUT2D eigenvalue weighted by molar-refractivity contribution is 0.0655. The van der Waals surface area contributed by atoms with E-state index in [2.05, 4.69) is 135 Å². The van der Waals surface area contributed by atoms with Crippen LogP contribution < -0.4 is 0 Å². The van der Waals surface area contributed by atoms with Crippen LogP contribution in [0.5, 0.6) is 0 Å². The minimum absolute atomic E-state index is 0. The number of terminal acetylenes is 1. The number of rotatable bonds is 25. The Hall–Kier alpha value is 1.43. The van der Waals surface area contributed by atoms with Crippen molar-refractivity contribution in [1.82, 2.24) is 0 Å². The number of aliphatic hydroxyl groups excluding tert-OH is 4. The molecule has 0 aromatic heterocycles. The van der Waals surface area contributed by atoms with Crippen LogP contribution >= 0.6 is 19.6 Å². The molecular weight excluding hydrogens is 1270 g/mol. The van der Waals surface area contributed by atoms with E-state index >= 15 is 0 Å². The van der Waals surface area contributed by atoms with Gasteiger partial charge in [-0.1, -0.05) is 87.4 Å². The van der Waals surface area contributed by atoms with Crippen molar-refractivity contribution < 1.29 is 72.3 Å². The lowest BCUT2D eigenvalue weighted by Crippen LogP contribution is -2.57. The predicted octanol–water partition coefficient (Wildman–Crippen LogP) is 9.16. The summed E-state index contributed by atoms with van der Waals surface area (Å²) in [6, 6.07) is 0. The molecule has 1 unspecified atom stereocenters. The van der Waals surface area contributed by atoms with Crippen LogP contribution in [0.3, 0.4) is 0 Å². The first kappa shape index (κ1) is 128. The van der Waals surface area contributed by atoms with E-state index in [1.54, 1.807) is 57.3 Å². The number of aliphatic hydroxyl groups is 4. The molecule has 4 N–H and O–H groups in total.